The normalized spacial score (nSPS) is 14.5. The zero-order chi connectivity index (χ0) is 28.4. The van der Waals surface area contributed by atoms with E-state index in [0.29, 0.717) is 5.56 Å². The predicted molar refractivity (Wildman–Crippen MR) is 152 cm³/mol. The fraction of sp³-hybridized carbons (Fsp3) is 0.500. The van der Waals surface area contributed by atoms with E-state index >= 15 is 0 Å². The van der Waals surface area contributed by atoms with Gasteiger partial charge in [-0.05, 0) is 86.8 Å². The number of carboxylic acid groups (broad SMARTS) is 1. The van der Waals surface area contributed by atoms with E-state index in [-0.39, 0.29) is 10.8 Å². The van der Waals surface area contributed by atoms with Crippen LogP contribution in [0.3, 0.4) is 0 Å². The lowest BCUT2D eigenvalue weighted by Crippen LogP contribution is -2.49. The molecule has 0 bridgehead atoms. The summed E-state index contributed by atoms with van der Waals surface area (Å²) < 4.78 is 0. The Balaban J connectivity index is 2.47. The Morgan fingerprint density at radius 1 is 0.865 bits per heavy atom. The molecule has 0 fully saturated rings. The Labute approximate surface area is 223 Å². The molecule has 3 N–H and O–H groups in total. The van der Waals surface area contributed by atoms with Gasteiger partial charge in [-0.25, -0.2) is 4.79 Å². The summed E-state index contributed by atoms with van der Waals surface area (Å²) in [4.78, 5) is 24.3. The van der Waals surface area contributed by atoms with Gasteiger partial charge in [0.2, 0.25) is 0 Å². The molecule has 1 amide bonds. The molecular weight excluding hydrogens is 462 g/mol. The molecule has 2 aromatic carbocycles. The highest BCUT2D eigenvalue weighted by Crippen LogP contribution is 2.40. The van der Waals surface area contributed by atoms with Crippen LogP contribution in [0.5, 0.6) is 0 Å². The lowest BCUT2D eigenvalue weighted by Gasteiger charge is -2.35. The van der Waals surface area contributed by atoms with Gasteiger partial charge in [0.25, 0.3) is 5.91 Å². The molecule has 0 saturated carbocycles. The number of benzene rings is 2. The zero-order valence-electron chi connectivity index (χ0n) is 24.2. The summed E-state index contributed by atoms with van der Waals surface area (Å²) >= 11 is 0. The maximum absolute atomic E-state index is 12.8. The fourth-order valence-corrected chi connectivity index (χ4v) is 4.52. The van der Waals surface area contributed by atoms with E-state index in [4.69, 9.17) is 0 Å². The Morgan fingerprint density at radius 3 is 1.81 bits per heavy atom. The predicted octanol–water partition coefficient (Wildman–Crippen LogP) is 6.81. The van der Waals surface area contributed by atoms with Crippen LogP contribution in [-0.2, 0) is 10.2 Å². The molecule has 0 spiro atoms. The lowest BCUT2D eigenvalue weighted by molar-refractivity contribution is -0.143. The molecule has 0 aliphatic carbocycles. The molecule has 0 saturated heterocycles. The van der Waals surface area contributed by atoms with E-state index < -0.39 is 23.0 Å². The first kappa shape index (κ1) is 30.3. The summed E-state index contributed by atoms with van der Waals surface area (Å²) in [6, 6.07) is 12.4. The molecule has 2 aromatic rings. The van der Waals surface area contributed by atoms with Gasteiger partial charge in [-0.1, -0.05) is 77.1 Å². The number of nitrogens with one attached hydrogen (secondary N) is 1. The molecule has 1 unspecified atom stereocenters. The minimum absolute atomic E-state index is 0.232. The van der Waals surface area contributed by atoms with Gasteiger partial charge in [-0.2, -0.15) is 0 Å². The van der Waals surface area contributed by atoms with Crippen molar-refractivity contribution in [2.24, 2.45) is 5.41 Å². The smallest absolute Gasteiger partial charge is 0.328 e. The first-order valence-corrected chi connectivity index (χ1v) is 13.1. The van der Waals surface area contributed by atoms with Gasteiger partial charge in [0.15, 0.2) is 0 Å². The number of aryl methyl sites for hydroxylation is 2. The van der Waals surface area contributed by atoms with Gasteiger partial charge in [0, 0.05) is 11.0 Å². The number of rotatable bonds is 9. The topological polar surface area (TPSA) is 86.6 Å². The van der Waals surface area contributed by atoms with Gasteiger partial charge < -0.3 is 15.5 Å². The Morgan fingerprint density at radius 2 is 1.38 bits per heavy atom. The summed E-state index contributed by atoms with van der Waals surface area (Å²) in [6.07, 6.45) is 5.64. The number of hydrogen-bond donors (Lipinski definition) is 3. The van der Waals surface area contributed by atoms with E-state index in [2.05, 4.69) is 50.4 Å². The highest BCUT2D eigenvalue weighted by molar-refractivity contribution is 5.98. The molecule has 0 aliphatic rings. The molecule has 5 heteroatoms. The Bertz CT molecular complexity index is 1180. The highest BCUT2D eigenvalue weighted by atomic mass is 16.4. The van der Waals surface area contributed by atoms with Gasteiger partial charge in [-0.3, -0.25) is 4.79 Å². The third kappa shape index (κ3) is 6.32. The van der Waals surface area contributed by atoms with E-state index in [1.807, 2.05) is 52.8 Å². The third-order valence-corrected chi connectivity index (χ3v) is 8.12. The molecule has 2 rings (SSSR count). The van der Waals surface area contributed by atoms with Crippen LogP contribution >= 0.6 is 0 Å². The number of amides is 1. The van der Waals surface area contributed by atoms with E-state index in [1.165, 1.54) is 19.4 Å². The minimum Gasteiger partial charge on any atom is -0.480 e. The summed E-state index contributed by atoms with van der Waals surface area (Å²) in [7, 11) is 0. The number of carboxylic acids is 1. The van der Waals surface area contributed by atoms with Crippen molar-refractivity contribution in [3.05, 3.63) is 75.9 Å². The lowest BCUT2D eigenvalue weighted by atomic mass is 9.69. The second-order valence-corrected chi connectivity index (χ2v) is 12.0. The number of hydrogen-bond acceptors (Lipinski definition) is 3. The number of aliphatic carboxylic acids is 1. The summed E-state index contributed by atoms with van der Waals surface area (Å²) in [6.45, 7) is 19.2. The second kappa shape index (κ2) is 10.8. The van der Waals surface area contributed by atoms with Crippen molar-refractivity contribution in [3.8, 4) is 0 Å². The molecule has 0 radical (unpaired) electrons. The summed E-state index contributed by atoms with van der Waals surface area (Å²) in [5.74, 6) is -1.48. The first-order chi connectivity index (χ1) is 16.9. The van der Waals surface area contributed by atoms with Crippen LogP contribution < -0.4 is 5.32 Å². The Hall–Kier alpha value is -2.92. The van der Waals surface area contributed by atoms with Crippen LogP contribution in [0.4, 0.5) is 0 Å². The third-order valence-electron chi connectivity index (χ3n) is 8.12. The quantitative estimate of drug-likeness (QED) is 0.348. The average molecular weight is 508 g/mol. The molecule has 0 aliphatic heterocycles. The molecule has 37 heavy (non-hydrogen) atoms. The SMILES string of the molecule is CCC(CC)(c1ccc(/C=C/C(C)(O)C(C)(C)C)c(C)c1)c1ccc(C(=O)NC(C)(C)C(=O)O)c(C)c1. The standard InChI is InChI=1S/C32H45NO4/c1-11-32(12-2,24-14-13-23(21(3)19-24)17-18-31(10,37)29(5,6)7)25-15-16-26(22(4)20-25)27(34)33-30(8,9)28(35)36/h13-20,37H,11-12H2,1-10H3,(H,33,34)(H,35,36)/b18-17+. The highest BCUT2D eigenvalue weighted by Gasteiger charge is 2.34. The Kier molecular flexibility index (Phi) is 8.87. The van der Waals surface area contributed by atoms with Crippen LogP contribution in [-0.4, -0.2) is 33.2 Å². The summed E-state index contributed by atoms with van der Waals surface area (Å²) in [5.41, 5.74) is 3.02. The van der Waals surface area contributed by atoms with Crippen molar-refractivity contribution in [1.29, 1.82) is 0 Å². The largest absolute Gasteiger partial charge is 0.480 e. The zero-order valence-corrected chi connectivity index (χ0v) is 24.2. The maximum atomic E-state index is 12.8. The molecule has 0 heterocycles. The monoisotopic (exact) mass is 507 g/mol. The van der Waals surface area contributed by atoms with Crippen molar-refractivity contribution >= 4 is 18.0 Å². The van der Waals surface area contributed by atoms with Crippen LogP contribution in [0.2, 0.25) is 0 Å². The second-order valence-electron chi connectivity index (χ2n) is 12.0. The average Bonchev–Trinajstić information content (AvgIpc) is 2.78. The van der Waals surface area contributed by atoms with Crippen LogP contribution in [0.1, 0.15) is 106 Å². The van der Waals surface area contributed by atoms with Crippen molar-refractivity contribution < 1.29 is 19.8 Å². The molecular formula is C32H45NO4. The van der Waals surface area contributed by atoms with Crippen LogP contribution in [0, 0.1) is 19.3 Å². The first-order valence-electron chi connectivity index (χ1n) is 13.1. The van der Waals surface area contributed by atoms with Gasteiger partial charge >= 0.3 is 5.97 Å². The van der Waals surface area contributed by atoms with Gasteiger partial charge in [0.05, 0.1) is 5.60 Å². The van der Waals surface area contributed by atoms with E-state index in [1.54, 1.807) is 6.07 Å². The van der Waals surface area contributed by atoms with Crippen molar-refractivity contribution in [2.45, 2.75) is 98.6 Å². The maximum Gasteiger partial charge on any atom is 0.328 e. The number of aliphatic hydroxyl groups is 1. The van der Waals surface area contributed by atoms with Gasteiger partial charge in [-0.15, -0.1) is 0 Å². The van der Waals surface area contributed by atoms with Crippen LogP contribution in [0.15, 0.2) is 42.5 Å². The molecule has 0 aromatic heterocycles. The fourth-order valence-electron chi connectivity index (χ4n) is 4.52. The molecule has 202 valence electrons. The van der Waals surface area contributed by atoms with Crippen molar-refractivity contribution in [3.63, 3.8) is 0 Å². The molecule has 1 atom stereocenters. The van der Waals surface area contributed by atoms with Gasteiger partial charge in [0.1, 0.15) is 5.54 Å². The minimum atomic E-state index is -1.35. The van der Waals surface area contributed by atoms with Crippen molar-refractivity contribution in [1.82, 2.24) is 5.32 Å². The van der Waals surface area contributed by atoms with Crippen molar-refractivity contribution in [2.75, 3.05) is 0 Å². The number of carbonyl (C=O) groups is 2. The van der Waals surface area contributed by atoms with E-state index in [9.17, 15) is 19.8 Å². The van der Waals surface area contributed by atoms with E-state index in [0.717, 1.165) is 35.1 Å². The summed E-state index contributed by atoms with van der Waals surface area (Å²) in [5, 5.41) is 22.8. The number of carbonyl (C=O) groups excluding carboxylic acids is 1. The van der Waals surface area contributed by atoms with Crippen LogP contribution in [0.25, 0.3) is 6.08 Å². The molecule has 5 nitrogen and oxygen atoms in total.